The van der Waals surface area contributed by atoms with E-state index in [1.54, 1.807) is 0 Å². The summed E-state index contributed by atoms with van der Waals surface area (Å²) in [6.07, 6.45) is 1.52. The van der Waals surface area contributed by atoms with Gasteiger partial charge in [0.05, 0.1) is 11.3 Å². The van der Waals surface area contributed by atoms with Gasteiger partial charge >= 0.3 is 11.7 Å². The third kappa shape index (κ3) is 2.81. The predicted molar refractivity (Wildman–Crippen MR) is 62.5 cm³/mol. The molecule has 0 amide bonds. The summed E-state index contributed by atoms with van der Waals surface area (Å²) in [4.78, 5) is 21.0. The number of rotatable bonds is 5. The highest BCUT2D eigenvalue weighted by molar-refractivity contribution is 5.68. The van der Waals surface area contributed by atoms with Gasteiger partial charge in [-0.25, -0.2) is 4.39 Å². The quantitative estimate of drug-likeness (QED) is 0.655. The molecule has 0 saturated heterocycles. The molecule has 6 nitrogen and oxygen atoms in total. The standard InChI is InChI=1S/C12H12FNO5/c13-8-2-3-9(14(17)18)10(6-8)19-12(4-1-5-12)7-11(15)16/h2-3,6H,1,4-5,7H2,(H,15,16). The summed E-state index contributed by atoms with van der Waals surface area (Å²) >= 11 is 0. The van der Waals surface area contributed by atoms with E-state index in [1.165, 1.54) is 0 Å². The van der Waals surface area contributed by atoms with Gasteiger partial charge in [0, 0.05) is 12.1 Å². The number of benzene rings is 1. The number of nitro groups is 1. The molecule has 1 aromatic carbocycles. The Morgan fingerprint density at radius 1 is 1.53 bits per heavy atom. The molecule has 0 aromatic heterocycles. The average Bonchev–Trinajstić information content (AvgIpc) is 2.25. The zero-order chi connectivity index (χ0) is 14.0. The molecule has 102 valence electrons. The van der Waals surface area contributed by atoms with E-state index >= 15 is 0 Å². The Labute approximate surface area is 108 Å². The highest BCUT2D eigenvalue weighted by atomic mass is 19.1. The Morgan fingerprint density at radius 2 is 2.21 bits per heavy atom. The van der Waals surface area contributed by atoms with Crippen molar-refractivity contribution in [3.8, 4) is 5.75 Å². The summed E-state index contributed by atoms with van der Waals surface area (Å²) in [6, 6.07) is 2.90. The smallest absolute Gasteiger partial charge is 0.311 e. The van der Waals surface area contributed by atoms with Crippen LogP contribution in [-0.2, 0) is 4.79 Å². The van der Waals surface area contributed by atoms with Crippen molar-refractivity contribution in [1.29, 1.82) is 0 Å². The van der Waals surface area contributed by atoms with Gasteiger partial charge in [-0.2, -0.15) is 0 Å². The third-order valence-corrected chi connectivity index (χ3v) is 3.18. The van der Waals surface area contributed by atoms with E-state index < -0.39 is 22.3 Å². The highest BCUT2D eigenvalue weighted by Crippen LogP contribution is 2.42. The molecule has 1 aromatic rings. The van der Waals surface area contributed by atoms with Crippen molar-refractivity contribution in [2.75, 3.05) is 0 Å². The number of aliphatic carboxylic acids is 1. The molecule has 0 spiro atoms. The van der Waals surface area contributed by atoms with E-state index in [-0.39, 0.29) is 17.9 Å². The molecular weight excluding hydrogens is 257 g/mol. The number of nitrogens with zero attached hydrogens (tertiary/aromatic N) is 1. The lowest BCUT2D eigenvalue weighted by Gasteiger charge is -2.40. The maximum absolute atomic E-state index is 13.2. The zero-order valence-corrected chi connectivity index (χ0v) is 9.97. The molecule has 0 atom stereocenters. The SMILES string of the molecule is O=C(O)CC1(Oc2cc(F)ccc2[N+](=O)[O-])CCC1. The monoisotopic (exact) mass is 269 g/mol. The molecule has 7 heteroatoms. The molecule has 1 N–H and O–H groups in total. The van der Waals surface area contributed by atoms with Crippen LogP contribution in [0.5, 0.6) is 5.75 Å². The first kappa shape index (κ1) is 13.3. The largest absolute Gasteiger partial charge is 0.481 e. The molecular formula is C12H12FNO5. The molecule has 0 radical (unpaired) electrons. The van der Waals surface area contributed by atoms with Crippen LogP contribution in [0.1, 0.15) is 25.7 Å². The lowest BCUT2D eigenvalue weighted by Crippen LogP contribution is -2.45. The minimum atomic E-state index is -1.04. The molecule has 1 saturated carbocycles. The van der Waals surface area contributed by atoms with Gasteiger partial charge in [-0.1, -0.05) is 0 Å². The molecule has 1 aliphatic carbocycles. The second-order valence-electron chi connectivity index (χ2n) is 4.58. The fraction of sp³-hybridized carbons (Fsp3) is 0.417. The van der Waals surface area contributed by atoms with Gasteiger partial charge in [0.25, 0.3) is 0 Å². The Morgan fingerprint density at radius 3 is 2.68 bits per heavy atom. The molecule has 0 heterocycles. The minimum absolute atomic E-state index is 0.217. The van der Waals surface area contributed by atoms with Crippen molar-refractivity contribution < 1.29 is 24.0 Å². The van der Waals surface area contributed by atoms with Crippen LogP contribution >= 0.6 is 0 Å². The van der Waals surface area contributed by atoms with Gasteiger partial charge in [-0.3, -0.25) is 14.9 Å². The summed E-state index contributed by atoms with van der Waals surface area (Å²) in [7, 11) is 0. The van der Waals surface area contributed by atoms with E-state index in [1.807, 2.05) is 0 Å². The van der Waals surface area contributed by atoms with Gasteiger partial charge in [0.1, 0.15) is 11.4 Å². The van der Waals surface area contributed by atoms with Crippen LogP contribution < -0.4 is 4.74 Å². The zero-order valence-electron chi connectivity index (χ0n) is 9.97. The molecule has 0 unspecified atom stereocenters. The number of ether oxygens (including phenoxy) is 1. The second-order valence-corrected chi connectivity index (χ2v) is 4.58. The molecule has 0 bridgehead atoms. The summed E-state index contributed by atoms with van der Waals surface area (Å²) in [6.45, 7) is 0. The molecule has 19 heavy (non-hydrogen) atoms. The highest BCUT2D eigenvalue weighted by Gasteiger charge is 2.42. The number of carbonyl (C=O) groups is 1. The number of hydrogen-bond acceptors (Lipinski definition) is 4. The van der Waals surface area contributed by atoms with Gasteiger partial charge < -0.3 is 9.84 Å². The lowest BCUT2D eigenvalue weighted by atomic mass is 9.77. The topological polar surface area (TPSA) is 89.7 Å². The maximum atomic E-state index is 13.2. The number of nitro benzene ring substituents is 1. The first-order chi connectivity index (χ1) is 8.92. The number of halogens is 1. The average molecular weight is 269 g/mol. The van der Waals surface area contributed by atoms with E-state index in [0.29, 0.717) is 12.8 Å². The Hall–Kier alpha value is -2.18. The van der Waals surface area contributed by atoms with Gasteiger partial charge in [-0.05, 0) is 25.3 Å². The van der Waals surface area contributed by atoms with Gasteiger partial charge in [-0.15, -0.1) is 0 Å². The van der Waals surface area contributed by atoms with Crippen LogP contribution in [0.3, 0.4) is 0 Å². The fourth-order valence-corrected chi connectivity index (χ4v) is 2.12. The summed E-state index contributed by atoms with van der Waals surface area (Å²) < 4.78 is 18.6. The van der Waals surface area contributed by atoms with Crippen molar-refractivity contribution in [2.24, 2.45) is 0 Å². The van der Waals surface area contributed by atoms with E-state index in [2.05, 4.69) is 0 Å². The van der Waals surface area contributed by atoms with Crippen LogP contribution in [0.2, 0.25) is 0 Å². The molecule has 2 rings (SSSR count). The number of carboxylic acid groups (broad SMARTS) is 1. The van der Waals surface area contributed by atoms with Crippen molar-refractivity contribution in [2.45, 2.75) is 31.3 Å². The fourth-order valence-electron chi connectivity index (χ4n) is 2.12. The Kier molecular flexibility index (Phi) is 3.37. The second kappa shape index (κ2) is 4.83. The summed E-state index contributed by atoms with van der Waals surface area (Å²) in [5.41, 5.74) is -1.32. The van der Waals surface area contributed by atoms with Crippen LogP contribution in [-0.4, -0.2) is 21.6 Å². The number of hydrogen-bond donors (Lipinski definition) is 1. The Balaban J connectivity index is 2.28. The third-order valence-electron chi connectivity index (χ3n) is 3.18. The van der Waals surface area contributed by atoms with Crippen molar-refractivity contribution in [3.63, 3.8) is 0 Å². The van der Waals surface area contributed by atoms with Gasteiger partial charge in [0.15, 0.2) is 0 Å². The lowest BCUT2D eigenvalue weighted by molar-refractivity contribution is -0.386. The molecule has 1 aliphatic rings. The van der Waals surface area contributed by atoms with Gasteiger partial charge in [0.2, 0.25) is 5.75 Å². The van der Waals surface area contributed by atoms with Crippen molar-refractivity contribution in [3.05, 3.63) is 34.1 Å². The molecule has 0 aliphatic heterocycles. The number of carboxylic acids is 1. The minimum Gasteiger partial charge on any atom is -0.481 e. The van der Waals surface area contributed by atoms with Crippen LogP contribution in [0.15, 0.2) is 18.2 Å². The van der Waals surface area contributed by atoms with E-state index in [9.17, 15) is 19.3 Å². The van der Waals surface area contributed by atoms with Crippen LogP contribution in [0.4, 0.5) is 10.1 Å². The summed E-state index contributed by atoms with van der Waals surface area (Å²) in [5, 5.41) is 19.7. The van der Waals surface area contributed by atoms with E-state index in [4.69, 9.17) is 9.84 Å². The maximum Gasteiger partial charge on any atom is 0.311 e. The summed E-state index contributed by atoms with van der Waals surface area (Å²) in [5.74, 6) is -1.92. The Bertz CT molecular complexity index is 527. The van der Waals surface area contributed by atoms with Crippen molar-refractivity contribution in [1.82, 2.24) is 0 Å². The molecule has 1 fully saturated rings. The van der Waals surface area contributed by atoms with Crippen LogP contribution in [0.25, 0.3) is 0 Å². The normalized spacial score (nSPS) is 16.5. The first-order valence-electron chi connectivity index (χ1n) is 5.77. The predicted octanol–water partition coefficient (Wildman–Crippen LogP) is 2.51. The van der Waals surface area contributed by atoms with E-state index in [0.717, 1.165) is 24.6 Å². The van der Waals surface area contributed by atoms with Crippen LogP contribution in [0, 0.1) is 15.9 Å². The van der Waals surface area contributed by atoms with Crippen molar-refractivity contribution >= 4 is 11.7 Å². The first-order valence-corrected chi connectivity index (χ1v) is 5.77.